The van der Waals surface area contributed by atoms with Gasteiger partial charge in [0.1, 0.15) is 12.1 Å². The predicted octanol–water partition coefficient (Wildman–Crippen LogP) is 0.755. The van der Waals surface area contributed by atoms with E-state index in [-0.39, 0.29) is 5.92 Å². The van der Waals surface area contributed by atoms with Crippen LogP contribution in [0.1, 0.15) is 41.5 Å². The second-order valence-corrected chi connectivity index (χ2v) is 6.61. The molecule has 8 heteroatoms. The Labute approximate surface area is 133 Å². The molecule has 0 spiro atoms. The van der Waals surface area contributed by atoms with Gasteiger partial charge in [0.05, 0.1) is 10.9 Å². The molecule has 1 heterocycles. The van der Waals surface area contributed by atoms with Gasteiger partial charge in [0.15, 0.2) is 5.81 Å². The molecule has 3 N–H and O–H groups in total. The van der Waals surface area contributed by atoms with Gasteiger partial charge in [-0.05, 0) is 29.3 Å². The van der Waals surface area contributed by atoms with E-state index in [4.69, 9.17) is 7.85 Å². The number of carbonyl (C=O) groups excluding carboxylic acids is 3. The molecule has 0 aromatic carbocycles. The number of fused-ring (bicyclic) bond motifs is 1. The van der Waals surface area contributed by atoms with E-state index in [9.17, 15) is 19.5 Å². The van der Waals surface area contributed by atoms with Crippen LogP contribution < -0.4 is 10.6 Å². The van der Waals surface area contributed by atoms with E-state index in [0.29, 0.717) is 16.9 Å². The quantitative estimate of drug-likeness (QED) is 0.698. The molecule has 3 atom stereocenters. The number of Topliss-reactive ketones (excluding diaryl/α,β-unsaturated/α-hetero) is 1. The fourth-order valence-electron chi connectivity index (χ4n) is 2.51. The fraction of sp³-hybridized carbons (Fsp3) is 0.500. The molecule has 3 unspecified atom stereocenters. The number of hydrogen-bond acceptors (Lipinski definition) is 5. The first-order valence-corrected chi connectivity index (χ1v) is 7.85. The summed E-state index contributed by atoms with van der Waals surface area (Å²) in [5.41, 5.74) is 0.609. The van der Waals surface area contributed by atoms with Crippen molar-refractivity contribution < 1.29 is 19.5 Å². The topological polar surface area (TPSA) is 95.5 Å². The highest BCUT2D eigenvalue weighted by Crippen LogP contribution is 2.35. The molecule has 0 saturated heterocycles. The fourth-order valence-corrected chi connectivity index (χ4v) is 3.42. The molecular formula is C14H17BN2O4S. The van der Waals surface area contributed by atoms with Crippen LogP contribution in [-0.2, 0) is 4.79 Å². The summed E-state index contributed by atoms with van der Waals surface area (Å²) in [5, 5.41) is 16.8. The highest BCUT2D eigenvalue weighted by molar-refractivity contribution is 7.12. The van der Waals surface area contributed by atoms with E-state index in [0.717, 1.165) is 0 Å². The number of nitrogens with one attached hydrogen (secondary N) is 2. The second kappa shape index (κ2) is 6.62. The van der Waals surface area contributed by atoms with Crippen molar-refractivity contribution in [1.29, 1.82) is 0 Å². The average Bonchev–Trinajstić information content (AvgIpc) is 2.96. The molecule has 1 aromatic heterocycles. The van der Waals surface area contributed by atoms with Crippen molar-refractivity contribution in [3.8, 4) is 0 Å². The highest BCUT2D eigenvalue weighted by Gasteiger charge is 2.41. The van der Waals surface area contributed by atoms with Gasteiger partial charge in [-0.25, -0.2) is 0 Å². The van der Waals surface area contributed by atoms with Crippen molar-refractivity contribution in [2.45, 2.75) is 38.5 Å². The van der Waals surface area contributed by atoms with Gasteiger partial charge in [0.2, 0.25) is 19.5 Å². The van der Waals surface area contributed by atoms with Crippen LogP contribution in [0.15, 0.2) is 11.4 Å². The number of aliphatic hydroxyl groups excluding tert-OH is 1. The number of carbonyl (C=O) groups is 3. The second-order valence-electron chi connectivity index (χ2n) is 5.69. The monoisotopic (exact) mass is 320 g/mol. The Morgan fingerprint density at radius 2 is 2.14 bits per heavy atom. The van der Waals surface area contributed by atoms with Crippen LogP contribution in [0.3, 0.4) is 0 Å². The zero-order valence-electron chi connectivity index (χ0n) is 12.3. The Balaban J connectivity index is 2.13. The Bertz CT molecular complexity index is 601. The van der Waals surface area contributed by atoms with Crippen LogP contribution in [0.5, 0.6) is 0 Å². The zero-order chi connectivity index (χ0) is 16.4. The molecule has 2 amide bonds. The molecule has 0 bridgehead atoms. The third-order valence-electron chi connectivity index (χ3n) is 3.48. The lowest BCUT2D eigenvalue weighted by atomic mass is 10.00. The van der Waals surface area contributed by atoms with Gasteiger partial charge in [-0.1, -0.05) is 13.8 Å². The van der Waals surface area contributed by atoms with E-state index in [1.54, 1.807) is 11.4 Å². The Hall–Kier alpha value is -1.67. The van der Waals surface area contributed by atoms with Crippen molar-refractivity contribution >= 4 is 36.7 Å². The van der Waals surface area contributed by atoms with E-state index in [2.05, 4.69) is 10.6 Å². The van der Waals surface area contributed by atoms with Crippen LogP contribution in [0.25, 0.3) is 0 Å². The number of thiophene rings is 1. The van der Waals surface area contributed by atoms with Gasteiger partial charge < -0.3 is 15.7 Å². The van der Waals surface area contributed by atoms with Crippen molar-refractivity contribution in [2.24, 2.45) is 5.92 Å². The van der Waals surface area contributed by atoms with Gasteiger partial charge in [0.25, 0.3) is 0 Å². The molecular weight excluding hydrogens is 303 g/mol. The maximum absolute atomic E-state index is 12.4. The Morgan fingerprint density at radius 1 is 1.45 bits per heavy atom. The predicted molar refractivity (Wildman–Crippen MR) is 83.1 cm³/mol. The van der Waals surface area contributed by atoms with Gasteiger partial charge >= 0.3 is 0 Å². The Morgan fingerprint density at radius 3 is 2.73 bits per heavy atom. The third-order valence-corrected chi connectivity index (χ3v) is 4.42. The molecule has 1 aliphatic carbocycles. The smallest absolute Gasteiger partial charge is 0.243 e. The zero-order valence-corrected chi connectivity index (χ0v) is 13.1. The molecule has 22 heavy (non-hydrogen) atoms. The summed E-state index contributed by atoms with van der Waals surface area (Å²) in [6, 6.07) is 0.117. The first kappa shape index (κ1) is 16.7. The molecule has 1 aliphatic rings. The molecule has 0 aliphatic heterocycles. The molecule has 6 nitrogen and oxygen atoms in total. The van der Waals surface area contributed by atoms with Crippen LogP contribution in [0.2, 0.25) is 0 Å². The number of amides is 2. The summed E-state index contributed by atoms with van der Waals surface area (Å²) >= 11 is 1.23. The molecule has 2 radical (unpaired) electrons. The van der Waals surface area contributed by atoms with Gasteiger partial charge in [-0.3, -0.25) is 14.4 Å². The van der Waals surface area contributed by atoms with Crippen molar-refractivity contribution in [3.63, 3.8) is 0 Å². The number of aliphatic hydroxyl groups is 1. The number of hydrogen-bond donors (Lipinski definition) is 3. The summed E-state index contributed by atoms with van der Waals surface area (Å²) in [6.07, 6.45) is -0.887. The SMILES string of the molecule is [B]C(=O)NC(CC(C)C)C(=O)NC1c2ccsc2C(=O)C1O. The number of rotatable bonds is 5. The Kier molecular flexibility index (Phi) is 5.03. The largest absolute Gasteiger partial charge is 0.382 e. The maximum atomic E-state index is 12.4. The van der Waals surface area contributed by atoms with E-state index < -0.39 is 35.7 Å². The van der Waals surface area contributed by atoms with Gasteiger partial charge in [-0.15, -0.1) is 11.3 Å². The highest BCUT2D eigenvalue weighted by atomic mass is 32.1. The standard InChI is InChI=1S/C14H17BN2O4S/c1-6(2)5-8(16-14(15)21)13(20)17-9-7-3-4-22-12(7)11(19)10(9)18/h3-4,6,8-10,18H,5H2,1-2H3,(H,16,21)(H,17,20). The maximum Gasteiger partial charge on any atom is 0.243 e. The van der Waals surface area contributed by atoms with Crippen LogP contribution >= 0.6 is 11.3 Å². The first-order valence-electron chi connectivity index (χ1n) is 6.97. The third kappa shape index (κ3) is 3.39. The van der Waals surface area contributed by atoms with E-state index in [1.165, 1.54) is 11.3 Å². The minimum atomic E-state index is -1.29. The summed E-state index contributed by atoms with van der Waals surface area (Å²) in [5.74, 6) is -1.49. The molecule has 0 saturated carbocycles. The molecule has 116 valence electrons. The van der Waals surface area contributed by atoms with Crippen LogP contribution in [0.4, 0.5) is 4.79 Å². The van der Waals surface area contributed by atoms with Crippen LogP contribution in [0, 0.1) is 5.92 Å². The lowest BCUT2D eigenvalue weighted by Gasteiger charge is -2.23. The van der Waals surface area contributed by atoms with E-state index in [1.807, 2.05) is 13.8 Å². The van der Waals surface area contributed by atoms with Crippen molar-refractivity contribution in [1.82, 2.24) is 10.6 Å². The summed E-state index contributed by atoms with van der Waals surface area (Å²) in [7, 11) is 5.09. The number of ketones is 1. The van der Waals surface area contributed by atoms with E-state index >= 15 is 0 Å². The summed E-state index contributed by atoms with van der Waals surface area (Å²) < 4.78 is 0. The minimum Gasteiger partial charge on any atom is -0.382 e. The first-order chi connectivity index (χ1) is 10.3. The summed E-state index contributed by atoms with van der Waals surface area (Å²) in [4.78, 5) is 35.7. The summed E-state index contributed by atoms with van der Waals surface area (Å²) in [6.45, 7) is 3.82. The van der Waals surface area contributed by atoms with Crippen LogP contribution in [-0.4, -0.2) is 42.6 Å². The van der Waals surface area contributed by atoms with Crippen molar-refractivity contribution in [3.05, 3.63) is 21.9 Å². The molecule has 2 rings (SSSR count). The lowest BCUT2D eigenvalue weighted by Crippen LogP contribution is -2.49. The molecule has 0 fully saturated rings. The van der Waals surface area contributed by atoms with Crippen molar-refractivity contribution in [2.75, 3.05) is 0 Å². The normalized spacial score (nSPS) is 21.5. The minimum absolute atomic E-state index is 0.162. The molecule has 1 aromatic rings. The van der Waals surface area contributed by atoms with Gasteiger partial charge in [-0.2, -0.15) is 0 Å². The average molecular weight is 320 g/mol. The van der Waals surface area contributed by atoms with Gasteiger partial charge in [0, 0.05) is 0 Å². The lowest BCUT2D eigenvalue weighted by molar-refractivity contribution is -0.124.